The van der Waals surface area contributed by atoms with E-state index < -0.39 is 23.0 Å². The molecule has 94 valence electrons. The number of nitro benzene ring substituents is 1. The lowest BCUT2D eigenvalue weighted by Gasteiger charge is -2.07. The molecule has 7 nitrogen and oxygen atoms in total. The maximum absolute atomic E-state index is 11.7. The monoisotopic (exact) mass is 251 g/mol. The zero-order valence-electron chi connectivity index (χ0n) is 9.20. The van der Waals surface area contributed by atoms with Crippen LogP contribution in [0.2, 0.25) is 0 Å². The van der Waals surface area contributed by atoms with Crippen LogP contribution in [0.1, 0.15) is 16.8 Å². The molecule has 0 aromatic heterocycles. The van der Waals surface area contributed by atoms with Crippen LogP contribution in [0.5, 0.6) is 0 Å². The van der Waals surface area contributed by atoms with Crippen LogP contribution in [-0.2, 0) is 14.3 Å². The Bertz CT molecular complexity index is 512. The van der Waals surface area contributed by atoms with E-state index in [-0.39, 0.29) is 17.9 Å². The topological polar surface area (TPSA) is 95.7 Å². The zero-order valence-corrected chi connectivity index (χ0v) is 9.20. The Morgan fingerprint density at radius 3 is 2.89 bits per heavy atom. The minimum atomic E-state index is -0.920. The summed E-state index contributed by atoms with van der Waals surface area (Å²) in [6, 6.07) is 5.13. The van der Waals surface area contributed by atoms with Gasteiger partial charge in [0.05, 0.1) is 17.1 Å². The Labute approximate surface area is 101 Å². The van der Waals surface area contributed by atoms with Gasteiger partial charge in [0.15, 0.2) is 0 Å². The van der Waals surface area contributed by atoms with Gasteiger partial charge in [-0.2, -0.15) is 0 Å². The highest BCUT2D eigenvalue weighted by atomic mass is 16.6. The second-order valence-electron chi connectivity index (χ2n) is 3.66. The van der Waals surface area contributed by atoms with E-state index in [1.54, 1.807) is 0 Å². The van der Waals surface area contributed by atoms with Gasteiger partial charge in [-0.15, -0.1) is 0 Å². The molecule has 7 heteroatoms. The predicted molar refractivity (Wildman–Crippen MR) is 57.9 cm³/mol. The van der Waals surface area contributed by atoms with E-state index in [1.807, 2.05) is 0 Å². The molecule has 0 radical (unpaired) electrons. The smallest absolute Gasteiger partial charge is 0.347 e. The van der Waals surface area contributed by atoms with Crippen molar-refractivity contribution in [3.8, 4) is 0 Å². The average Bonchev–Trinajstić information content (AvgIpc) is 2.75. The fourth-order valence-electron chi connectivity index (χ4n) is 1.53. The van der Waals surface area contributed by atoms with Crippen LogP contribution in [0, 0.1) is 10.1 Å². The third-order valence-electron chi connectivity index (χ3n) is 2.43. The molecule has 0 amide bonds. The summed E-state index contributed by atoms with van der Waals surface area (Å²) in [5.74, 6) is -1.36. The summed E-state index contributed by atoms with van der Waals surface area (Å²) in [5.41, 5.74) is -0.178. The van der Waals surface area contributed by atoms with Crippen LogP contribution in [0.15, 0.2) is 24.3 Å². The van der Waals surface area contributed by atoms with Gasteiger partial charge in [-0.05, 0) is 6.07 Å². The second-order valence-corrected chi connectivity index (χ2v) is 3.66. The number of carbonyl (C=O) groups excluding carboxylic acids is 2. The number of hydrogen-bond donors (Lipinski definition) is 0. The fraction of sp³-hybridized carbons (Fsp3) is 0.273. The highest BCUT2D eigenvalue weighted by Crippen LogP contribution is 2.17. The number of cyclic esters (lactones) is 1. The summed E-state index contributed by atoms with van der Waals surface area (Å²) < 4.78 is 9.55. The Kier molecular flexibility index (Phi) is 3.22. The van der Waals surface area contributed by atoms with Crippen LogP contribution in [0.4, 0.5) is 5.69 Å². The van der Waals surface area contributed by atoms with Gasteiger partial charge in [-0.1, -0.05) is 6.07 Å². The molecule has 0 N–H and O–H groups in total. The number of nitro groups is 1. The summed E-state index contributed by atoms with van der Waals surface area (Å²) >= 11 is 0. The van der Waals surface area contributed by atoms with Gasteiger partial charge in [0.25, 0.3) is 5.69 Å². The third-order valence-corrected chi connectivity index (χ3v) is 2.43. The van der Waals surface area contributed by atoms with Gasteiger partial charge in [-0.3, -0.25) is 10.1 Å². The summed E-state index contributed by atoms with van der Waals surface area (Å²) in [6.45, 7) is 0.214. The maximum Gasteiger partial charge on any atom is 0.347 e. The van der Waals surface area contributed by atoms with Crippen molar-refractivity contribution in [2.75, 3.05) is 6.61 Å². The molecular weight excluding hydrogens is 242 g/mol. The molecule has 1 aliphatic heterocycles. The molecular formula is C11H9NO6. The summed E-state index contributed by atoms with van der Waals surface area (Å²) in [4.78, 5) is 32.7. The van der Waals surface area contributed by atoms with E-state index in [0.29, 0.717) is 6.42 Å². The molecule has 1 unspecified atom stereocenters. The van der Waals surface area contributed by atoms with Crippen molar-refractivity contribution in [3.05, 3.63) is 39.9 Å². The number of rotatable bonds is 3. The first-order chi connectivity index (χ1) is 8.58. The highest BCUT2D eigenvalue weighted by Gasteiger charge is 2.30. The minimum absolute atomic E-state index is 0.0314. The molecule has 1 heterocycles. The van der Waals surface area contributed by atoms with Crippen LogP contribution in [0.25, 0.3) is 0 Å². The molecule has 1 aromatic rings. The second kappa shape index (κ2) is 4.82. The molecule has 0 bridgehead atoms. The number of carbonyl (C=O) groups is 2. The van der Waals surface area contributed by atoms with E-state index in [0.717, 1.165) is 6.07 Å². The van der Waals surface area contributed by atoms with Crippen molar-refractivity contribution >= 4 is 17.6 Å². The number of ether oxygens (including phenoxy) is 2. The average molecular weight is 251 g/mol. The van der Waals surface area contributed by atoms with Crippen molar-refractivity contribution in [2.45, 2.75) is 12.5 Å². The Hall–Kier alpha value is -2.44. The summed E-state index contributed by atoms with van der Waals surface area (Å²) in [6.07, 6.45) is -0.615. The molecule has 18 heavy (non-hydrogen) atoms. The quantitative estimate of drug-likeness (QED) is 0.453. The first-order valence-electron chi connectivity index (χ1n) is 5.20. The van der Waals surface area contributed by atoms with Crippen molar-refractivity contribution in [1.29, 1.82) is 0 Å². The van der Waals surface area contributed by atoms with Gasteiger partial charge < -0.3 is 9.47 Å². The lowest BCUT2D eigenvalue weighted by Crippen LogP contribution is -2.22. The first kappa shape index (κ1) is 12.0. The Balaban J connectivity index is 2.11. The standard InChI is InChI=1S/C11H9NO6/c13-10(18-9-4-5-17-11(9)14)7-2-1-3-8(6-7)12(15)16/h1-3,6,9H,4-5H2. The van der Waals surface area contributed by atoms with Gasteiger partial charge in [0.2, 0.25) is 6.10 Å². The number of non-ortho nitro benzene ring substituents is 1. The molecule has 1 fully saturated rings. The zero-order chi connectivity index (χ0) is 13.1. The molecule has 1 atom stereocenters. The minimum Gasteiger partial charge on any atom is -0.463 e. The Morgan fingerprint density at radius 2 is 2.28 bits per heavy atom. The lowest BCUT2D eigenvalue weighted by atomic mass is 10.2. The molecule has 2 rings (SSSR count). The van der Waals surface area contributed by atoms with Crippen molar-refractivity contribution in [2.24, 2.45) is 0 Å². The molecule has 0 spiro atoms. The first-order valence-corrected chi connectivity index (χ1v) is 5.20. The molecule has 0 saturated carbocycles. The number of hydrogen-bond acceptors (Lipinski definition) is 6. The third kappa shape index (κ3) is 2.45. The molecule has 1 saturated heterocycles. The van der Waals surface area contributed by atoms with E-state index in [9.17, 15) is 19.7 Å². The van der Waals surface area contributed by atoms with Crippen molar-refractivity contribution in [1.82, 2.24) is 0 Å². The van der Waals surface area contributed by atoms with Gasteiger partial charge in [0, 0.05) is 18.6 Å². The number of esters is 2. The van der Waals surface area contributed by atoms with E-state index in [1.165, 1.54) is 18.2 Å². The highest BCUT2D eigenvalue weighted by molar-refractivity contribution is 5.92. The largest absolute Gasteiger partial charge is 0.463 e. The fourth-order valence-corrected chi connectivity index (χ4v) is 1.53. The van der Waals surface area contributed by atoms with Crippen LogP contribution in [-0.4, -0.2) is 29.6 Å². The summed E-state index contributed by atoms with van der Waals surface area (Å²) in [7, 11) is 0. The van der Waals surface area contributed by atoms with Crippen LogP contribution in [0.3, 0.4) is 0 Å². The van der Waals surface area contributed by atoms with E-state index in [4.69, 9.17) is 4.74 Å². The summed E-state index contributed by atoms with van der Waals surface area (Å²) in [5, 5.41) is 10.6. The van der Waals surface area contributed by atoms with Gasteiger partial charge in [0.1, 0.15) is 0 Å². The lowest BCUT2D eigenvalue weighted by molar-refractivity contribution is -0.384. The van der Waals surface area contributed by atoms with E-state index in [2.05, 4.69) is 4.74 Å². The normalized spacial score (nSPS) is 18.2. The van der Waals surface area contributed by atoms with Crippen LogP contribution < -0.4 is 0 Å². The predicted octanol–water partition coefficient (Wildman–Crippen LogP) is 1.07. The van der Waals surface area contributed by atoms with Crippen molar-refractivity contribution < 1.29 is 24.0 Å². The SMILES string of the molecule is O=C(OC1CCOC1=O)c1cccc([N+](=O)[O-])c1. The van der Waals surface area contributed by atoms with Crippen LogP contribution >= 0.6 is 0 Å². The number of benzene rings is 1. The molecule has 1 aromatic carbocycles. The molecule has 0 aliphatic carbocycles. The number of nitrogens with zero attached hydrogens (tertiary/aromatic N) is 1. The van der Waals surface area contributed by atoms with Gasteiger partial charge in [-0.25, -0.2) is 9.59 Å². The van der Waals surface area contributed by atoms with Gasteiger partial charge >= 0.3 is 11.9 Å². The Morgan fingerprint density at radius 1 is 1.50 bits per heavy atom. The van der Waals surface area contributed by atoms with E-state index >= 15 is 0 Å². The van der Waals surface area contributed by atoms with Crippen molar-refractivity contribution in [3.63, 3.8) is 0 Å². The molecule has 1 aliphatic rings. The maximum atomic E-state index is 11.7.